The molecule has 0 saturated heterocycles. The number of aliphatic hydroxyl groups is 1. The van der Waals surface area contributed by atoms with Gasteiger partial charge in [0, 0.05) is 11.5 Å². The Kier molecular flexibility index (Phi) is 4.34. The van der Waals surface area contributed by atoms with Crippen LogP contribution in [0, 0.1) is 5.92 Å². The van der Waals surface area contributed by atoms with E-state index in [9.17, 15) is 5.11 Å². The number of hydrazone groups is 1. The molecule has 3 nitrogen and oxygen atoms in total. The fraction of sp³-hybridized carbons (Fsp3) is 0.409. The monoisotopic (exact) mass is 334 g/mol. The van der Waals surface area contributed by atoms with Crippen molar-refractivity contribution in [1.82, 2.24) is 5.01 Å². The highest BCUT2D eigenvalue weighted by Crippen LogP contribution is 2.43. The van der Waals surface area contributed by atoms with Crippen molar-refractivity contribution < 1.29 is 5.11 Å². The van der Waals surface area contributed by atoms with E-state index >= 15 is 0 Å². The van der Waals surface area contributed by atoms with Crippen LogP contribution in [0.25, 0.3) is 0 Å². The number of aliphatic hydroxyl groups excluding tert-OH is 1. The van der Waals surface area contributed by atoms with Gasteiger partial charge in [0.05, 0.1) is 24.9 Å². The SMILES string of the molecule is CC(C)c1ccc([C@H]2[C@@H]3CCc4ccccc4C3=NN2CCO)cc1. The van der Waals surface area contributed by atoms with Crippen molar-refractivity contribution in [1.29, 1.82) is 0 Å². The molecule has 2 atom stereocenters. The topological polar surface area (TPSA) is 35.8 Å². The van der Waals surface area contributed by atoms with Crippen molar-refractivity contribution in [2.45, 2.75) is 38.6 Å². The molecule has 0 amide bonds. The molecule has 2 aromatic carbocycles. The molecule has 130 valence electrons. The number of nitrogens with zero attached hydrogens (tertiary/aromatic N) is 2. The van der Waals surface area contributed by atoms with Crippen molar-refractivity contribution in [2.75, 3.05) is 13.2 Å². The third-order valence-electron chi connectivity index (χ3n) is 5.58. The zero-order chi connectivity index (χ0) is 17.4. The molecule has 0 radical (unpaired) electrons. The minimum atomic E-state index is 0.131. The Hall–Kier alpha value is -2.13. The van der Waals surface area contributed by atoms with E-state index in [2.05, 4.69) is 67.4 Å². The van der Waals surface area contributed by atoms with Gasteiger partial charge in [-0.05, 0) is 35.4 Å². The van der Waals surface area contributed by atoms with Crippen LogP contribution in [0.15, 0.2) is 53.6 Å². The van der Waals surface area contributed by atoms with Crippen LogP contribution in [0.4, 0.5) is 0 Å². The van der Waals surface area contributed by atoms with E-state index in [0.29, 0.717) is 18.4 Å². The molecule has 0 fully saturated rings. The third-order valence-corrected chi connectivity index (χ3v) is 5.58. The number of fused-ring (bicyclic) bond motifs is 3. The van der Waals surface area contributed by atoms with Gasteiger partial charge in [-0.3, -0.25) is 5.01 Å². The van der Waals surface area contributed by atoms with Gasteiger partial charge < -0.3 is 5.11 Å². The molecule has 0 spiro atoms. The van der Waals surface area contributed by atoms with Gasteiger partial charge in [0.15, 0.2) is 0 Å². The first-order valence-electron chi connectivity index (χ1n) is 9.33. The summed E-state index contributed by atoms with van der Waals surface area (Å²) in [6.07, 6.45) is 2.22. The Balaban J connectivity index is 1.71. The predicted octanol–water partition coefficient (Wildman–Crippen LogP) is 4.13. The van der Waals surface area contributed by atoms with Gasteiger partial charge in [-0.2, -0.15) is 5.10 Å². The number of hydrogen-bond donors (Lipinski definition) is 1. The molecule has 1 aliphatic carbocycles. The lowest BCUT2D eigenvalue weighted by Crippen LogP contribution is -2.30. The first kappa shape index (κ1) is 16.3. The van der Waals surface area contributed by atoms with Crippen LogP contribution in [0.2, 0.25) is 0 Å². The van der Waals surface area contributed by atoms with Crippen LogP contribution in [0.5, 0.6) is 0 Å². The molecule has 2 aromatic rings. The number of rotatable bonds is 4. The molecule has 1 aliphatic heterocycles. The van der Waals surface area contributed by atoms with Crippen LogP contribution in [-0.4, -0.2) is 29.0 Å². The van der Waals surface area contributed by atoms with Gasteiger partial charge in [-0.1, -0.05) is 62.4 Å². The lowest BCUT2D eigenvalue weighted by atomic mass is 9.77. The first-order valence-corrected chi connectivity index (χ1v) is 9.33. The number of aryl methyl sites for hydroxylation is 1. The second-order valence-corrected chi connectivity index (χ2v) is 7.44. The van der Waals surface area contributed by atoms with Crippen LogP contribution in [-0.2, 0) is 6.42 Å². The summed E-state index contributed by atoms with van der Waals surface area (Å²) in [6, 6.07) is 17.9. The van der Waals surface area contributed by atoms with E-state index in [-0.39, 0.29) is 12.6 Å². The second kappa shape index (κ2) is 6.64. The van der Waals surface area contributed by atoms with E-state index in [1.54, 1.807) is 0 Å². The summed E-state index contributed by atoms with van der Waals surface area (Å²) in [5, 5.41) is 16.6. The fourth-order valence-electron chi connectivity index (χ4n) is 4.25. The number of β-amino-alcohol motifs (C(OH)–C–C–N with tert-alkyl or cyclic N) is 1. The minimum Gasteiger partial charge on any atom is -0.394 e. The maximum Gasteiger partial charge on any atom is 0.0805 e. The van der Waals surface area contributed by atoms with Crippen molar-refractivity contribution in [3.63, 3.8) is 0 Å². The van der Waals surface area contributed by atoms with Crippen LogP contribution in [0.3, 0.4) is 0 Å². The molecule has 25 heavy (non-hydrogen) atoms. The molecular weight excluding hydrogens is 308 g/mol. The quantitative estimate of drug-likeness (QED) is 0.913. The largest absolute Gasteiger partial charge is 0.394 e. The molecule has 0 aromatic heterocycles. The Morgan fingerprint density at radius 3 is 2.60 bits per heavy atom. The zero-order valence-corrected chi connectivity index (χ0v) is 15.0. The maximum atomic E-state index is 9.53. The van der Waals surface area contributed by atoms with E-state index in [4.69, 9.17) is 5.10 Å². The van der Waals surface area contributed by atoms with Crippen molar-refractivity contribution >= 4 is 5.71 Å². The average molecular weight is 334 g/mol. The summed E-state index contributed by atoms with van der Waals surface area (Å²) in [6.45, 7) is 5.16. The van der Waals surface area contributed by atoms with Crippen LogP contribution in [0.1, 0.15) is 54.5 Å². The molecule has 1 heterocycles. The highest BCUT2D eigenvalue weighted by Gasteiger charge is 2.40. The highest BCUT2D eigenvalue weighted by atomic mass is 16.3. The lowest BCUT2D eigenvalue weighted by molar-refractivity contribution is 0.152. The van der Waals surface area contributed by atoms with Crippen molar-refractivity contribution in [3.8, 4) is 0 Å². The normalized spacial score (nSPS) is 21.9. The van der Waals surface area contributed by atoms with Crippen molar-refractivity contribution in [3.05, 3.63) is 70.8 Å². The molecule has 0 unspecified atom stereocenters. The van der Waals surface area contributed by atoms with Crippen LogP contribution < -0.4 is 0 Å². The summed E-state index contributed by atoms with van der Waals surface area (Å²) in [4.78, 5) is 0. The molecule has 2 aliphatic rings. The Morgan fingerprint density at radius 2 is 1.88 bits per heavy atom. The van der Waals surface area contributed by atoms with E-state index in [1.807, 2.05) is 0 Å². The first-order chi connectivity index (χ1) is 12.2. The van der Waals surface area contributed by atoms with Gasteiger partial charge in [-0.15, -0.1) is 0 Å². The third kappa shape index (κ3) is 2.87. The second-order valence-electron chi connectivity index (χ2n) is 7.44. The fourth-order valence-corrected chi connectivity index (χ4v) is 4.25. The molecular formula is C22H26N2O. The molecule has 3 heteroatoms. The average Bonchev–Trinajstić information content (AvgIpc) is 3.00. The minimum absolute atomic E-state index is 0.131. The summed E-state index contributed by atoms with van der Waals surface area (Å²) >= 11 is 0. The number of benzene rings is 2. The maximum absolute atomic E-state index is 9.53. The lowest BCUT2D eigenvalue weighted by Gasteiger charge is -2.30. The van der Waals surface area contributed by atoms with Gasteiger partial charge in [0.2, 0.25) is 0 Å². The molecule has 4 rings (SSSR count). The molecule has 0 saturated carbocycles. The smallest absolute Gasteiger partial charge is 0.0805 e. The predicted molar refractivity (Wildman–Crippen MR) is 102 cm³/mol. The van der Waals surface area contributed by atoms with Crippen LogP contribution >= 0.6 is 0 Å². The van der Waals surface area contributed by atoms with E-state index < -0.39 is 0 Å². The summed E-state index contributed by atoms with van der Waals surface area (Å²) in [7, 11) is 0. The van der Waals surface area contributed by atoms with Gasteiger partial charge in [0.1, 0.15) is 0 Å². The summed E-state index contributed by atoms with van der Waals surface area (Å²) in [5.74, 6) is 0.950. The van der Waals surface area contributed by atoms with E-state index in [1.165, 1.54) is 28.0 Å². The van der Waals surface area contributed by atoms with Gasteiger partial charge >= 0.3 is 0 Å². The Morgan fingerprint density at radius 1 is 1.12 bits per heavy atom. The highest BCUT2D eigenvalue weighted by molar-refractivity contribution is 6.05. The zero-order valence-electron chi connectivity index (χ0n) is 15.0. The molecule has 0 bridgehead atoms. The molecule has 1 N–H and O–H groups in total. The number of hydrogen-bond acceptors (Lipinski definition) is 3. The Bertz CT molecular complexity index is 779. The Labute approximate surface area is 150 Å². The van der Waals surface area contributed by atoms with Gasteiger partial charge in [-0.25, -0.2) is 0 Å². The van der Waals surface area contributed by atoms with E-state index in [0.717, 1.165) is 12.8 Å². The van der Waals surface area contributed by atoms with Crippen molar-refractivity contribution in [2.24, 2.45) is 11.0 Å². The summed E-state index contributed by atoms with van der Waals surface area (Å²) in [5.41, 5.74) is 6.57. The summed E-state index contributed by atoms with van der Waals surface area (Å²) < 4.78 is 0. The van der Waals surface area contributed by atoms with Gasteiger partial charge in [0.25, 0.3) is 0 Å². The standard InChI is InChI=1S/C22H26N2O/c1-15(2)16-7-9-18(10-8-16)22-20-12-11-17-5-3-4-6-19(17)21(20)23-24(22)13-14-25/h3-10,15,20,22,25H,11-14H2,1-2H3/t20-,22+/m1/s1.